The van der Waals surface area contributed by atoms with Crippen molar-refractivity contribution in [2.24, 2.45) is 0 Å². The van der Waals surface area contributed by atoms with Crippen molar-refractivity contribution in [1.29, 1.82) is 0 Å². The zero-order chi connectivity index (χ0) is 19.9. The van der Waals surface area contributed by atoms with E-state index in [2.05, 4.69) is 15.0 Å². The van der Waals surface area contributed by atoms with Gasteiger partial charge in [-0.25, -0.2) is 13.4 Å². The molecule has 9 nitrogen and oxygen atoms in total. The van der Waals surface area contributed by atoms with Gasteiger partial charge in [0, 0.05) is 6.04 Å². The Labute approximate surface area is 162 Å². The molecule has 0 saturated heterocycles. The Morgan fingerprint density at radius 1 is 1.29 bits per heavy atom. The molecular formula is C18H20N4O5S. The van der Waals surface area contributed by atoms with Crippen molar-refractivity contribution in [3.8, 4) is 5.69 Å². The Balaban J connectivity index is 1.81. The van der Waals surface area contributed by atoms with E-state index in [0.29, 0.717) is 11.4 Å². The Hall–Kier alpha value is -2.72. The predicted octanol–water partition coefficient (Wildman–Crippen LogP) is 0.832. The number of nitrogens with zero attached hydrogens (tertiary/aromatic N) is 3. The fraction of sp³-hybridized carbons (Fsp3) is 0.389. The highest BCUT2D eigenvalue weighted by Crippen LogP contribution is 2.31. The standard InChI is InChI=1S/C18H20N4O5S/c1-27-16(23)10-21-9-14-17(18(24)20-12-5-4-6-12)19-11-22(14)13-7-2-3-8-15(13)28(21,25)26/h2-3,7-8,11-12H,4-6,9-10H2,1H3,(H,20,24). The molecule has 1 aromatic heterocycles. The smallest absolute Gasteiger partial charge is 0.321 e. The number of methoxy groups -OCH3 is 1. The number of sulfonamides is 1. The zero-order valence-corrected chi connectivity index (χ0v) is 16.1. The topological polar surface area (TPSA) is 111 Å². The quantitative estimate of drug-likeness (QED) is 0.756. The maximum Gasteiger partial charge on any atom is 0.321 e. The number of carbonyl (C=O) groups is 2. The van der Waals surface area contributed by atoms with Crippen LogP contribution >= 0.6 is 0 Å². The number of benzene rings is 1. The van der Waals surface area contributed by atoms with Crippen molar-refractivity contribution in [1.82, 2.24) is 19.2 Å². The summed E-state index contributed by atoms with van der Waals surface area (Å²) < 4.78 is 33.5. The summed E-state index contributed by atoms with van der Waals surface area (Å²) in [6, 6.07) is 6.56. The monoisotopic (exact) mass is 404 g/mol. The lowest BCUT2D eigenvalue weighted by molar-refractivity contribution is -0.140. The number of imidazole rings is 1. The second-order valence-corrected chi connectivity index (χ2v) is 8.73. The molecule has 4 rings (SSSR count). The van der Waals surface area contributed by atoms with E-state index in [1.54, 1.807) is 22.8 Å². The van der Waals surface area contributed by atoms with Crippen LogP contribution in [0.3, 0.4) is 0 Å². The maximum absolute atomic E-state index is 13.1. The molecule has 1 aliphatic heterocycles. The van der Waals surface area contributed by atoms with Gasteiger partial charge in [-0.3, -0.25) is 14.2 Å². The summed E-state index contributed by atoms with van der Waals surface area (Å²) in [5.74, 6) is -1.03. The van der Waals surface area contributed by atoms with Crippen LogP contribution in [0.4, 0.5) is 0 Å². The maximum atomic E-state index is 13.1. The minimum absolute atomic E-state index is 0.0426. The van der Waals surface area contributed by atoms with Crippen LogP contribution in [-0.4, -0.2) is 53.8 Å². The lowest BCUT2D eigenvalue weighted by atomic mass is 9.93. The minimum atomic E-state index is -3.97. The van der Waals surface area contributed by atoms with E-state index in [1.807, 2.05) is 0 Å². The van der Waals surface area contributed by atoms with Crippen molar-refractivity contribution < 1.29 is 22.7 Å². The van der Waals surface area contributed by atoms with E-state index < -0.39 is 22.5 Å². The van der Waals surface area contributed by atoms with Crippen LogP contribution in [-0.2, 0) is 26.1 Å². The summed E-state index contributed by atoms with van der Waals surface area (Å²) in [7, 11) is -2.77. The first-order valence-corrected chi connectivity index (χ1v) is 10.4. The van der Waals surface area contributed by atoms with Crippen LogP contribution in [0.15, 0.2) is 35.5 Å². The summed E-state index contributed by atoms with van der Waals surface area (Å²) in [6.45, 7) is -0.623. The normalized spacial score (nSPS) is 18.3. The molecule has 148 valence electrons. The van der Waals surface area contributed by atoms with Crippen LogP contribution in [0.5, 0.6) is 0 Å². The van der Waals surface area contributed by atoms with Crippen LogP contribution < -0.4 is 5.32 Å². The third kappa shape index (κ3) is 3.08. The fourth-order valence-corrected chi connectivity index (χ4v) is 4.87. The Bertz CT molecular complexity index is 1040. The molecule has 28 heavy (non-hydrogen) atoms. The van der Waals surface area contributed by atoms with E-state index in [-0.39, 0.29) is 29.1 Å². The number of hydrogen-bond donors (Lipinski definition) is 1. The van der Waals surface area contributed by atoms with Crippen molar-refractivity contribution in [2.45, 2.75) is 36.7 Å². The average Bonchev–Trinajstić information content (AvgIpc) is 3.04. The summed E-state index contributed by atoms with van der Waals surface area (Å²) in [5.41, 5.74) is 0.961. The van der Waals surface area contributed by atoms with Gasteiger partial charge in [0.15, 0.2) is 5.69 Å². The largest absolute Gasteiger partial charge is 0.468 e. The molecule has 2 heterocycles. The SMILES string of the molecule is COC(=O)CN1Cc2c(C(=O)NC3CCC3)ncn2-c2ccccc2S1(=O)=O. The van der Waals surface area contributed by atoms with Crippen molar-refractivity contribution in [3.05, 3.63) is 42.0 Å². The van der Waals surface area contributed by atoms with Gasteiger partial charge in [-0.05, 0) is 31.4 Å². The fourth-order valence-electron chi connectivity index (χ4n) is 3.34. The van der Waals surface area contributed by atoms with Gasteiger partial charge in [0.2, 0.25) is 10.0 Å². The number of fused-ring (bicyclic) bond motifs is 3. The number of nitrogens with one attached hydrogen (secondary N) is 1. The molecule has 2 aliphatic rings. The van der Waals surface area contributed by atoms with E-state index in [9.17, 15) is 18.0 Å². The van der Waals surface area contributed by atoms with Crippen LogP contribution in [0, 0.1) is 0 Å². The number of carbonyl (C=O) groups excluding carboxylic acids is 2. The van der Waals surface area contributed by atoms with Gasteiger partial charge >= 0.3 is 5.97 Å². The van der Waals surface area contributed by atoms with Gasteiger partial charge < -0.3 is 10.1 Å². The minimum Gasteiger partial charge on any atom is -0.468 e. The molecule has 0 spiro atoms. The first-order valence-electron chi connectivity index (χ1n) is 8.95. The second-order valence-electron chi connectivity index (χ2n) is 6.83. The van der Waals surface area contributed by atoms with E-state index in [1.165, 1.54) is 19.5 Å². The van der Waals surface area contributed by atoms with Crippen molar-refractivity contribution in [3.63, 3.8) is 0 Å². The summed E-state index contributed by atoms with van der Waals surface area (Å²) in [5, 5.41) is 2.93. The molecule has 1 amide bonds. The molecule has 0 unspecified atom stereocenters. The van der Waals surface area contributed by atoms with Crippen LogP contribution in [0.2, 0.25) is 0 Å². The Morgan fingerprint density at radius 3 is 2.71 bits per heavy atom. The number of para-hydroxylation sites is 1. The average molecular weight is 404 g/mol. The lowest BCUT2D eigenvalue weighted by Crippen LogP contribution is -2.40. The highest BCUT2D eigenvalue weighted by molar-refractivity contribution is 7.89. The number of ether oxygens (including phenoxy) is 1. The molecule has 0 atom stereocenters. The van der Waals surface area contributed by atoms with Gasteiger partial charge in [-0.15, -0.1) is 0 Å². The molecule has 1 aliphatic carbocycles. The van der Waals surface area contributed by atoms with Crippen molar-refractivity contribution in [2.75, 3.05) is 13.7 Å². The first kappa shape index (κ1) is 18.6. The van der Waals surface area contributed by atoms with E-state index >= 15 is 0 Å². The molecule has 10 heteroatoms. The molecular weight excluding hydrogens is 384 g/mol. The molecule has 1 saturated carbocycles. The molecule has 1 aromatic carbocycles. The number of aromatic nitrogens is 2. The van der Waals surface area contributed by atoms with Crippen molar-refractivity contribution >= 4 is 21.9 Å². The second kappa shape index (κ2) is 7.02. The van der Waals surface area contributed by atoms with E-state index in [4.69, 9.17) is 0 Å². The highest BCUT2D eigenvalue weighted by atomic mass is 32.2. The van der Waals surface area contributed by atoms with Crippen LogP contribution in [0.25, 0.3) is 5.69 Å². The number of hydrogen-bond acceptors (Lipinski definition) is 6. The van der Waals surface area contributed by atoms with Gasteiger partial charge in [-0.1, -0.05) is 12.1 Å². The van der Waals surface area contributed by atoms with Gasteiger partial charge in [-0.2, -0.15) is 4.31 Å². The van der Waals surface area contributed by atoms with Gasteiger partial charge in [0.1, 0.15) is 17.8 Å². The number of esters is 1. The Morgan fingerprint density at radius 2 is 2.04 bits per heavy atom. The third-order valence-electron chi connectivity index (χ3n) is 5.12. The van der Waals surface area contributed by atoms with Gasteiger partial charge in [0.05, 0.1) is 25.0 Å². The lowest BCUT2D eigenvalue weighted by Gasteiger charge is -2.26. The zero-order valence-electron chi connectivity index (χ0n) is 15.3. The molecule has 2 aromatic rings. The summed E-state index contributed by atoms with van der Waals surface area (Å²) in [6.07, 6.45) is 4.37. The number of amides is 1. The molecule has 1 fully saturated rings. The predicted molar refractivity (Wildman–Crippen MR) is 98.3 cm³/mol. The summed E-state index contributed by atoms with van der Waals surface area (Å²) in [4.78, 5) is 28.8. The summed E-state index contributed by atoms with van der Waals surface area (Å²) >= 11 is 0. The molecule has 1 N–H and O–H groups in total. The number of rotatable bonds is 4. The third-order valence-corrected chi connectivity index (χ3v) is 6.96. The van der Waals surface area contributed by atoms with Crippen LogP contribution in [0.1, 0.15) is 35.4 Å². The molecule has 0 radical (unpaired) electrons. The highest BCUT2D eigenvalue weighted by Gasteiger charge is 2.36. The first-order chi connectivity index (χ1) is 13.4. The molecule has 0 bridgehead atoms. The van der Waals surface area contributed by atoms with E-state index in [0.717, 1.165) is 23.6 Å². The van der Waals surface area contributed by atoms with Gasteiger partial charge in [0.25, 0.3) is 5.91 Å². The Kier molecular flexibility index (Phi) is 4.68.